The summed E-state index contributed by atoms with van der Waals surface area (Å²) in [5.41, 5.74) is 4.36. The summed E-state index contributed by atoms with van der Waals surface area (Å²) >= 11 is 0. The van der Waals surface area contributed by atoms with Gasteiger partial charge >= 0.3 is 11.9 Å². The van der Waals surface area contributed by atoms with E-state index in [1.165, 1.54) is 11.1 Å². The van der Waals surface area contributed by atoms with Crippen LogP contribution in [0.25, 0.3) is 0 Å². The van der Waals surface area contributed by atoms with Crippen LogP contribution in [0.1, 0.15) is 74.6 Å². The van der Waals surface area contributed by atoms with Crippen molar-refractivity contribution in [1.29, 1.82) is 0 Å². The number of carbonyl (C=O) groups is 2. The Kier molecular flexibility index (Phi) is 8.24. The van der Waals surface area contributed by atoms with E-state index < -0.39 is 11.9 Å². The van der Waals surface area contributed by atoms with Crippen molar-refractivity contribution in [2.75, 3.05) is 0 Å². The van der Waals surface area contributed by atoms with E-state index in [-0.39, 0.29) is 26.1 Å². The lowest BCUT2D eigenvalue weighted by Gasteiger charge is -2.09. The fourth-order valence-corrected chi connectivity index (χ4v) is 2.67. The summed E-state index contributed by atoms with van der Waals surface area (Å²) in [6.07, 6.45) is 0.0460. The molecule has 2 aromatic rings. The summed E-state index contributed by atoms with van der Waals surface area (Å²) in [7, 11) is 0. The Balaban J connectivity index is 1.66. The molecule has 28 heavy (non-hydrogen) atoms. The monoisotopic (exact) mass is 382 g/mol. The van der Waals surface area contributed by atoms with Crippen LogP contribution in [0.4, 0.5) is 0 Å². The number of benzene rings is 2. The SMILES string of the molecule is CC(C)c1ccc(COC(=O)CCC(=O)OCc2ccc(C(C)C)cc2)cc1. The van der Waals surface area contributed by atoms with Crippen molar-refractivity contribution in [3.05, 3.63) is 70.8 Å². The van der Waals surface area contributed by atoms with E-state index >= 15 is 0 Å². The summed E-state index contributed by atoms with van der Waals surface area (Å²) in [5, 5.41) is 0. The van der Waals surface area contributed by atoms with Crippen LogP contribution < -0.4 is 0 Å². The van der Waals surface area contributed by atoms with E-state index in [9.17, 15) is 9.59 Å². The molecule has 0 fully saturated rings. The first kappa shape index (κ1) is 21.7. The molecule has 0 radical (unpaired) electrons. The molecule has 0 N–H and O–H groups in total. The summed E-state index contributed by atoms with van der Waals surface area (Å²) in [6.45, 7) is 8.97. The zero-order chi connectivity index (χ0) is 20.5. The molecular formula is C24H30O4. The summed E-state index contributed by atoms with van der Waals surface area (Å²) in [5.74, 6) is 0.142. The van der Waals surface area contributed by atoms with E-state index in [2.05, 4.69) is 27.7 Å². The van der Waals surface area contributed by atoms with Gasteiger partial charge in [-0.25, -0.2) is 0 Å². The molecule has 4 nitrogen and oxygen atoms in total. The molecule has 0 bridgehead atoms. The molecule has 150 valence electrons. The average Bonchev–Trinajstić information content (AvgIpc) is 2.69. The van der Waals surface area contributed by atoms with Gasteiger partial charge in [0.25, 0.3) is 0 Å². The highest BCUT2D eigenvalue weighted by atomic mass is 16.5. The fraction of sp³-hybridized carbons (Fsp3) is 0.417. The fourth-order valence-electron chi connectivity index (χ4n) is 2.67. The van der Waals surface area contributed by atoms with Crippen molar-refractivity contribution in [3.8, 4) is 0 Å². The lowest BCUT2D eigenvalue weighted by molar-refractivity contribution is -0.151. The molecule has 0 saturated carbocycles. The minimum absolute atomic E-state index is 0.0230. The van der Waals surface area contributed by atoms with Crippen LogP contribution in [-0.4, -0.2) is 11.9 Å². The van der Waals surface area contributed by atoms with Crippen molar-refractivity contribution in [1.82, 2.24) is 0 Å². The normalized spacial score (nSPS) is 10.9. The third-order valence-corrected chi connectivity index (χ3v) is 4.63. The number of esters is 2. The number of hydrogen-bond acceptors (Lipinski definition) is 4. The first-order valence-electron chi connectivity index (χ1n) is 9.84. The van der Waals surface area contributed by atoms with E-state index in [0.29, 0.717) is 11.8 Å². The Labute approximate surface area is 167 Å². The van der Waals surface area contributed by atoms with Crippen LogP contribution in [0.3, 0.4) is 0 Å². The van der Waals surface area contributed by atoms with Crippen LogP contribution >= 0.6 is 0 Å². The predicted molar refractivity (Wildman–Crippen MR) is 110 cm³/mol. The number of carbonyl (C=O) groups excluding carboxylic acids is 2. The van der Waals surface area contributed by atoms with Gasteiger partial charge in [0.15, 0.2) is 0 Å². The quantitative estimate of drug-likeness (QED) is 0.537. The molecule has 2 aromatic carbocycles. The molecule has 0 aliphatic rings. The minimum atomic E-state index is -0.397. The van der Waals surface area contributed by atoms with Crippen molar-refractivity contribution in [2.45, 2.75) is 65.6 Å². The van der Waals surface area contributed by atoms with E-state index in [1.807, 2.05) is 48.5 Å². The van der Waals surface area contributed by atoms with Gasteiger partial charge in [0.2, 0.25) is 0 Å². The number of hydrogen-bond donors (Lipinski definition) is 0. The molecule has 0 aliphatic heterocycles. The van der Waals surface area contributed by atoms with Gasteiger partial charge < -0.3 is 9.47 Å². The lowest BCUT2D eigenvalue weighted by Crippen LogP contribution is -2.10. The maximum Gasteiger partial charge on any atom is 0.306 e. The van der Waals surface area contributed by atoms with Gasteiger partial charge in [-0.2, -0.15) is 0 Å². The second-order valence-corrected chi connectivity index (χ2v) is 7.61. The molecule has 0 aliphatic carbocycles. The molecule has 0 aromatic heterocycles. The van der Waals surface area contributed by atoms with Gasteiger partial charge in [0, 0.05) is 0 Å². The van der Waals surface area contributed by atoms with Crippen molar-refractivity contribution < 1.29 is 19.1 Å². The van der Waals surface area contributed by atoms with Gasteiger partial charge in [-0.1, -0.05) is 76.2 Å². The van der Waals surface area contributed by atoms with Gasteiger partial charge in [0.1, 0.15) is 13.2 Å². The van der Waals surface area contributed by atoms with Gasteiger partial charge in [0.05, 0.1) is 12.8 Å². The first-order valence-corrected chi connectivity index (χ1v) is 9.84. The van der Waals surface area contributed by atoms with Crippen molar-refractivity contribution >= 4 is 11.9 Å². The number of rotatable bonds is 9. The number of ether oxygens (including phenoxy) is 2. The zero-order valence-corrected chi connectivity index (χ0v) is 17.2. The summed E-state index contributed by atoms with van der Waals surface area (Å²) < 4.78 is 10.5. The maximum absolute atomic E-state index is 11.8. The molecule has 0 unspecified atom stereocenters. The zero-order valence-electron chi connectivity index (χ0n) is 17.2. The van der Waals surface area contributed by atoms with Crippen LogP contribution in [0.2, 0.25) is 0 Å². The smallest absolute Gasteiger partial charge is 0.306 e. The highest BCUT2D eigenvalue weighted by molar-refractivity contribution is 5.77. The topological polar surface area (TPSA) is 52.6 Å². The second-order valence-electron chi connectivity index (χ2n) is 7.61. The van der Waals surface area contributed by atoms with Gasteiger partial charge in [-0.05, 0) is 34.1 Å². The summed E-state index contributed by atoms with van der Waals surface area (Å²) in [6, 6.07) is 16.0. The van der Waals surface area contributed by atoms with Crippen LogP contribution in [0, 0.1) is 0 Å². The first-order chi connectivity index (χ1) is 13.3. The predicted octanol–water partition coefficient (Wildman–Crippen LogP) is 5.50. The standard InChI is InChI=1S/C24H30O4/c1-17(2)21-9-5-19(6-10-21)15-27-23(25)13-14-24(26)28-16-20-7-11-22(12-8-20)18(3)4/h5-12,17-18H,13-16H2,1-4H3. The third-order valence-electron chi connectivity index (χ3n) is 4.63. The molecule has 0 saturated heterocycles. The molecule has 2 rings (SSSR count). The largest absolute Gasteiger partial charge is 0.461 e. The molecule has 0 spiro atoms. The molecule has 0 amide bonds. The molecule has 0 heterocycles. The van der Waals surface area contributed by atoms with E-state index in [4.69, 9.17) is 9.47 Å². The van der Waals surface area contributed by atoms with Crippen molar-refractivity contribution in [2.24, 2.45) is 0 Å². The van der Waals surface area contributed by atoms with Gasteiger partial charge in [-0.15, -0.1) is 0 Å². The molecular weight excluding hydrogens is 352 g/mol. The van der Waals surface area contributed by atoms with Gasteiger partial charge in [-0.3, -0.25) is 9.59 Å². The van der Waals surface area contributed by atoms with Crippen molar-refractivity contribution in [3.63, 3.8) is 0 Å². The lowest BCUT2D eigenvalue weighted by atomic mass is 10.0. The second kappa shape index (κ2) is 10.6. The average molecular weight is 382 g/mol. The Hall–Kier alpha value is -2.62. The Morgan fingerprint density at radius 3 is 1.25 bits per heavy atom. The Morgan fingerprint density at radius 2 is 0.964 bits per heavy atom. The van der Waals surface area contributed by atoms with E-state index in [0.717, 1.165) is 11.1 Å². The van der Waals surface area contributed by atoms with Crippen LogP contribution in [0.15, 0.2) is 48.5 Å². The Bertz CT molecular complexity index is 691. The van der Waals surface area contributed by atoms with Crippen LogP contribution in [0.5, 0.6) is 0 Å². The highest BCUT2D eigenvalue weighted by Gasteiger charge is 2.10. The summed E-state index contributed by atoms with van der Waals surface area (Å²) in [4.78, 5) is 23.7. The third kappa shape index (κ3) is 7.18. The maximum atomic E-state index is 11.8. The van der Waals surface area contributed by atoms with E-state index in [1.54, 1.807) is 0 Å². The van der Waals surface area contributed by atoms with Crippen LogP contribution in [-0.2, 0) is 32.3 Å². The molecule has 0 atom stereocenters. The molecule has 4 heteroatoms. The highest BCUT2D eigenvalue weighted by Crippen LogP contribution is 2.16. The Morgan fingerprint density at radius 1 is 0.643 bits per heavy atom. The minimum Gasteiger partial charge on any atom is -0.461 e.